The minimum Gasteiger partial charge on any atom is -0.463 e. The molecule has 12 nitrogen and oxygen atoms in total. The number of hydrogen-bond donors (Lipinski definition) is 2. The third kappa shape index (κ3) is 7.70. The van der Waals surface area contributed by atoms with Crippen molar-refractivity contribution in [1.29, 1.82) is 0 Å². The number of amides is 1. The van der Waals surface area contributed by atoms with Gasteiger partial charge in [0.2, 0.25) is 11.9 Å². The van der Waals surface area contributed by atoms with Crippen LogP contribution in [0.1, 0.15) is 34.6 Å². The minimum atomic E-state index is -0.730. The predicted octanol–water partition coefficient (Wildman–Crippen LogP) is 0.573. The van der Waals surface area contributed by atoms with E-state index in [-0.39, 0.29) is 37.1 Å². The Morgan fingerprint density at radius 2 is 1.72 bits per heavy atom. The fourth-order valence-electron chi connectivity index (χ4n) is 2.02. The molecule has 29 heavy (non-hydrogen) atoms. The summed E-state index contributed by atoms with van der Waals surface area (Å²) in [5.41, 5.74) is -0.288. The average Bonchev–Trinajstić information content (AvgIpc) is 3.05. The van der Waals surface area contributed by atoms with Gasteiger partial charge in [0.15, 0.2) is 11.2 Å². The van der Waals surface area contributed by atoms with Gasteiger partial charge in [-0.05, 0) is 0 Å². The normalized spacial score (nSPS) is 10.3. The fourth-order valence-corrected chi connectivity index (χ4v) is 2.02. The lowest BCUT2D eigenvalue weighted by molar-refractivity contribution is -0.154. The first-order valence-electron chi connectivity index (χ1n) is 8.87. The maximum absolute atomic E-state index is 12.0. The molecule has 2 aromatic heterocycles. The van der Waals surface area contributed by atoms with Crippen molar-refractivity contribution in [3.8, 4) is 0 Å². The summed E-state index contributed by atoms with van der Waals surface area (Å²) in [7, 11) is 0. The van der Waals surface area contributed by atoms with E-state index in [4.69, 9.17) is 14.2 Å². The van der Waals surface area contributed by atoms with Gasteiger partial charge in [-0.1, -0.05) is 13.8 Å². The van der Waals surface area contributed by atoms with Crippen molar-refractivity contribution in [3.63, 3.8) is 0 Å². The van der Waals surface area contributed by atoms with E-state index in [0.29, 0.717) is 0 Å². The fraction of sp³-hybridized carbons (Fsp3) is 0.529. The SMILES string of the molecule is CC.CC(=O)Nc1nc2c(ncn2COC(COC(C)=O)COC(C)=O)c(=O)[nH]1. The molecule has 0 fully saturated rings. The van der Waals surface area contributed by atoms with Crippen LogP contribution in [0, 0.1) is 0 Å². The molecular weight excluding hydrogens is 386 g/mol. The molecule has 0 unspecified atom stereocenters. The van der Waals surface area contributed by atoms with Crippen LogP contribution in [0.2, 0.25) is 0 Å². The molecule has 0 spiro atoms. The molecule has 0 saturated heterocycles. The Hall–Kier alpha value is -3.28. The number of H-pyrrole nitrogens is 1. The summed E-state index contributed by atoms with van der Waals surface area (Å²) in [6.07, 6.45) is 0.603. The van der Waals surface area contributed by atoms with E-state index in [1.165, 1.54) is 31.7 Å². The highest BCUT2D eigenvalue weighted by Crippen LogP contribution is 2.09. The molecule has 0 saturated carbocycles. The van der Waals surface area contributed by atoms with E-state index in [1.54, 1.807) is 0 Å². The van der Waals surface area contributed by atoms with E-state index >= 15 is 0 Å². The molecule has 2 aromatic rings. The lowest BCUT2D eigenvalue weighted by atomic mass is 10.4. The number of aromatic amines is 1. The molecule has 0 atom stereocenters. The van der Waals surface area contributed by atoms with Crippen molar-refractivity contribution >= 4 is 35.0 Å². The van der Waals surface area contributed by atoms with Gasteiger partial charge >= 0.3 is 11.9 Å². The van der Waals surface area contributed by atoms with E-state index in [9.17, 15) is 19.2 Å². The minimum absolute atomic E-state index is 0.0295. The number of nitrogens with one attached hydrogen (secondary N) is 2. The maximum atomic E-state index is 12.0. The Morgan fingerprint density at radius 3 is 2.24 bits per heavy atom. The van der Waals surface area contributed by atoms with Gasteiger partial charge < -0.3 is 14.2 Å². The number of fused-ring (bicyclic) bond motifs is 1. The van der Waals surface area contributed by atoms with Gasteiger partial charge in [0.25, 0.3) is 5.56 Å². The van der Waals surface area contributed by atoms with Gasteiger partial charge in [-0.25, -0.2) is 4.98 Å². The average molecular weight is 411 g/mol. The Balaban J connectivity index is 0.00000204. The van der Waals surface area contributed by atoms with Crippen LogP contribution >= 0.6 is 0 Å². The zero-order chi connectivity index (χ0) is 22.0. The van der Waals surface area contributed by atoms with E-state index < -0.39 is 29.5 Å². The predicted molar refractivity (Wildman–Crippen MR) is 102 cm³/mol. The molecular formula is C17H25N5O7. The van der Waals surface area contributed by atoms with Crippen LogP contribution in [0.3, 0.4) is 0 Å². The van der Waals surface area contributed by atoms with Crippen molar-refractivity contribution in [2.24, 2.45) is 0 Å². The molecule has 160 valence electrons. The Labute approximate surface area is 166 Å². The molecule has 2 rings (SSSR count). The number of esters is 2. The lowest BCUT2D eigenvalue weighted by Crippen LogP contribution is -2.28. The smallest absolute Gasteiger partial charge is 0.302 e. The second-order valence-corrected chi connectivity index (χ2v) is 5.51. The van der Waals surface area contributed by atoms with Crippen molar-refractivity contribution in [1.82, 2.24) is 19.5 Å². The van der Waals surface area contributed by atoms with Crippen LogP contribution in [0.4, 0.5) is 5.95 Å². The summed E-state index contributed by atoms with van der Waals surface area (Å²) in [4.78, 5) is 55.6. The first-order chi connectivity index (χ1) is 13.8. The molecule has 2 heterocycles. The third-order valence-electron chi connectivity index (χ3n) is 3.16. The number of rotatable bonds is 8. The second kappa shape index (κ2) is 11.5. The quantitative estimate of drug-likeness (QED) is 0.593. The maximum Gasteiger partial charge on any atom is 0.302 e. The highest BCUT2D eigenvalue weighted by atomic mass is 16.6. The Kier molecular flexibility index (Phi) is 9.45. The molecule has 0 aliphatic heterocycles. The monoisotopic (exact) mass is 411 g/mol. The van der Waals surface area contributed by atoms with Crippen LogP contribution in [0.15, 0.2) is 11.1 Å². The molecule has 2 N–H and O–H groups in total. The zero-order valence-electron chi connectivity index (χ0n) is 17.0. The summed E-state index contributed by atoms with van der Waals surface area (Å²) >= 11 is 0. The first kappa shape index (κ1) is 23.8. The van der Waals surface area contributed by atoms with E-state index in [0.717, 1.165) is 0 Å². The van der Waals surface area contributed by atoms with Gasteiger partial charge in [0.1, 0.15) is 26.0 Å². The number of ether oxygens (including phenoxy) is 3. The number of hydrogen-bond acceptors (Lipinski definition) is 9. The third-order valence-corrected chi connectivity index (χ3v) is 3.16. The van der Waals surface area contributed by atoms with Crippen molar-refractivity contribution in [2.45, 2.75) is 47.5 Å². The van der Waals surface area contributed by atoms with E-state index in [1.807, 2.05) is 13.8 Å². The van der Waals surface area contributed by atoms with Gasteiger partial charge in [0, 0.05) is 20.8 Å². The number of imidazole rings is 1. The van der Waals surface area contributed by atoms with Crippen molar-refractivity contribution < 1.29 is 28.6 Å². The summed E-state index contributed by atoms with van der Waals surface area (Å²) < 4.78 is 16.8. The molecule has 0 bridgehead atoms. The number of carbonyl (C=O) groups is 3. The first-order valence-corrected chi connectivity index (χ1v) is 8.87. The highest BCUT2D eigenvalue weighted by molar-refractivity contribution is 5.87. The highest BCUT2D eigenvalue weighted by Gasteiger charge is 2.16. The van der Waals surface area contributed by atoms with Crippen LogP contribution in [0.25, 0.3) is 11.2 Å². The van der Waals surface area contributed by atoms with Crippen molar-refractivity contribution in [3.05, 3.63) is 16.7 Å². The summed E-state index contributed by atoms with van der Waals surface area (Å²) in [6.45, 7) is 7.40. The summed E-state index contributed by atoms with van der Waals surface area (Å²) in [6, 6.07) is 0. The standard InChI is InChI=1S/C15H19N5O7.C2H6/c1-8(21)17-15-18-13-12(14(24)19-15)16-6-20(13)7-27-11(4-25-9(2)22)5-26-10(3)23;1-2/h6,11H,4-5,7H2,1-3H3,(H2,17,18,19,21,24);1-2H3. The van der Waals surface area contributed by atoms with Crippen LogP contribution < -0.4 is 10.9 Å². The molecule has 12 heteroatoms. The van der Waals surface area contributed by atoms with Crippen LogP contribution in [0.5, 0.6) is 0 Å². The lowest BCUT2D eigenvalue weighted by Gasteiger charge is -2.17. The summed E-state index contributed by atoms with van der Waals surface area (Å²) in [5.74, 6) is -1.44. The molecule has 0 aliphatic rings. The van der Waals surface area contributed by atoms with Crippen LogP contribution in [-0.2, 0) is 35.3 Å². The largest absolute Gasteiger partial charge is 0.463 e. The molecule has 0 aromatic carbocycles. The topological polar surface area (TPSA) is 154 Å². The number of carbonyl (C=O) groups excluding carboxylic acids is 3. The summed E-state index contributed by atoms with van der Waals surface area (Å²) in [5, 5.41) is 2.38. The Bertz CT molecular complexity index is 887. The number of aromatic nitrogens is 4. The van der Waals surface area contributed by atoms with Gasteiger partial charge in [-0.2, -0.15) is 4.98 Å². The molecule has 1 amide bonds. The van der Waals surface area contributed by atoms with Gasteiger partial charge in [-0.15, -0.1) is 0 Å². The van der Waals surface area contributed by atoms with Crippen LogP contribution in [-0.4, -0.2) is 56.7 Å². The van der Waals surface area contributed by atoms with Crippen molar-refractivity contribution in [2.75, 3.05) is 18.5 Å². The Morgan fingerprint density at radius 1 is 1.14 bits per heavy atom. The molecule has 0 aliphatic carbocycles. The number of anilines is 1. The second-order valence-electron chi connectivity index (χ2n) is 5.51. The van der Waals surface area contributed by atoms with Gasteiger partial charge in [-0.3, -0.25) is 34.0 Å². The van der Waals surface area contributed by atoms with E-state index in [2.05, 4.69) is 20.3 Å². The van der Waals surface area contributed by atoms with Gasteiger partial charge in [0.05, 0.1) is 6.33 Å². The molecule has 0 radical (unpaired) electrons. The zero-order valence-corrected chi connectivity index (χ0v) is 17.0. The number of nitrogens with zero attached hydrogens (tertiary/aromatic N) is 3.